The molecule has 0 saturated carbocycles. The normalized spacial score (nSPS) is 14.8. The van der Waals surface area contributed by atoms with Crippen LogP contribution in [0.2, 0.25) is 0 Å². The first-order valence-corrected chi connectivity index (χ1v) is 8.02. The van der Waals surface area contributed by atoms with Crippen LogP contribution < -0.4 is 9.82 Å². The van der Waals surface area contributed by atoms with Gasteiger partial charge in [-0.05, 0) is 37.6 Å². The molecule has 0 heterocycles. The molecule has 3 unspecified atom stereocenters. The maximum atomic E-state index is 13.8. The second-order valence-corrected chi connectivity index (χ2v) is 5.68. The van der Waals surface area contributed by atoms with Crippen molar-refractivity contribution >= 4 is 8.73 Å². The Morgan fingerprint density at radius 1 is 1.42 bits per heavy atom. The summed E-state index contributed by atoms with van der Waals surface area (Å²) in [7, 11) is 0.715. The molecule has 3 atom stereocenters. The number of nitrogens with one attached hydrogen (secondary N) is 1. The van der Waals surface area contributed by atoms with Crippen molar-refractivity contribution in [2.45, 2.75) is 26.4 Å². The van der Waals surface area contributed by atoms with Gasteiger partial charge in [0.25, 0.3) is 0 Å². The molecular weight excluding hydrogens is 264 g/mol. The summed E-state index contributed by atoms with van der Waals surface area (Å²) in [5.41, 5.74) is 0.856. The van der Waals surface area contributed by atoms with Gasteiger partial charge in [0.1, 0.15) is 6.61 Å². The van der Waals surface area contributed by atoms with Gasteiger partial charge in [0.15, 0.2) is 11.6 Å². The summed E-state index contributed by atoms with van der Waals surface area (Å²) in [4.78, 5) is 0. The van der Waals surface area contributed by atoms with Crippen LogP contribution in [0.15, 0.2) is 18.2 Å². The van der Waals surface area contributed by atoms with Crippen LogP contribution in [0.25, 0.3) is 0 Å². The summed E-state index contributed by atoms with van der Waals surface area (Å²) in [6, 6.07) is 4.96. The minimum absolute atomic E-state index is 0.108. The van der Waals surface area contributed by atoms with Crippen LogP contribution in [-0.4, -0.2) is 31.0 Å². The Hall–Kier alpha value is -0.700. The Morgan fingerprint density at radius 3 is 2.79 bits per heavy atom. The molecule has 108 valence electrons. The minimum atomic E-state index is -0.604. The Labute approximate surface area is 116 Å². The maximum Gasteiger partial charge on any atom is 0.165 e. The van der Waals surface area contributed by atoms with E-state index < -0.39 is 6.10 Å². The largest absolute Gasteiger partial charge is 0.488 e. The SMILES string of the molecule is CPNCC(C)Cc1cccc(F)c1OCC(C)O. The zero-order valence-electron chi connectivity index (χ0n) is 11.7. The van der Waals surface area contributed by atoms with E-state index in [0.29, 0.717) is 14.6 Å². The number of hydrogen-bond acceptors (Lipinski definition) is 3. The van der Waals surface area contributed by atoms with Gasteiger partial charge < -0.3 is 9.84 Å². The van der Waals surface area contributed by atoms with Gasteiger partial charge in [-0.25, -0.2) is 4.39 Å². The van der Waals surface area contributed by atoms with E-state index in [-0.39, 0.29) is 18.2 Å². The van der Waals surface area contributed by atoms with Crippen LogP contribution in [-0.2, 0) is 6.42 Å². The molecular formula is C14H23FNO2P. The standard InChI is InChI=1S/C14H23FNO2P/c1-10(8-16-19-3)7-12-5-4-6-13(15)14(12)18-9-11(2)17/h4-6,10-11,16-17,19H,7-9H2,1-3H3. The number of aliphatic hydroxyl groups excluding tert-OH is 1. The first kappa shape index (κ1) is 16.4. The van der Waals surface area contributed by atoms with E-state index >= 15 is 0 Å². The van der Waals surface area contributed by atoms with Gasteiger partial charge in [-0.2, -0.15) is 0 Å². The summed E-state index contributed by atoms with van der Waals surface area (Å²) in [6.07, 6.45) is 0.150. The topological polar surface area (TPSA) is 41.5 Å². The number of para-hydroxylation sites is 1. The van der Waals surface area contributed by atoms with Crippen molar-refractivity contribution in [3.05, 3.63) is 29.6 Å². The predicted molar refractivity (Wildman–Crippen MR) is 78.7 cm³/mol. The smallest absolute Gasteiger partial charge is 0.165 e. The molecule has 0 fully saturated rings. The molecule has 0 radical (unpaired) electrons. The number of rotatable bonds is 8. The van der Waals surface area contributed by atoms with Crippen molar-refractivity contribution in [2.75, 3.05) is 19.8 Å². The summed E-state index contributed by atoms with van der Waals surface area (Å²) in [5, 5.41) is 12.5. The predicted octanol–water partition coefficient (Wildman–Crippen LogP) is 2.58. The van der Waals surface area contributed by atoms with E-state index in [0.717, 1.165) is 18.5 Å². The Morgan fingerprint density at radius 2 is 2.16 bits per heavy atom. The van der Waals surface area contributed by atoms with Crippen molar-refractivity contribution < 1.29 is 14.2 Å². The molecule has 0 aliphatic carbocycles. The van der Waals surface area contributed by atoms with E-state index in [1.54, 1.807) is 13.0 Å². The second kappa shape index (κ2) is 8.47. The van der Waals surface area contributed by atoms with E-state index in [1.165, 1.54) is 6.07 Å². The fourth-order valence-electron chi connectivity index (χ4n) is 1.80. The molecule has 3 nitrogen and oxygen atoms in total. The zero-order valence-corrected chi connectivity index (χ0v) is 12.7. The lowest BCUT2D eigenvalue weighted by atomic mass is 10.0. The second-order valence-electron chi connectivity index (χ2n) is 4.83. The van der Waals surface area contributed by atoms with E-state index in [2.05, 4.69) is 18.7 Å². The average Bonchev–Trinajstić information content (AvgIpc) is 2.35. The average molecular weight is 287 g/mol. The third-order valence-electron chi connectivity index (χ3n) is 2.71. The third kappa shape index (κ3) is 5.85. The number of benzene rings is 1. The third-order valence-corrected chi connectivity index (χ3v) is 3.27. The van der Waals surface area contributed by atoms with Gasteiger partial charge >= 0.3 is 0 Å². The van der Waals surface area contributed by atoms with Crippen molar-refractivity contribution in [1.82, 2.24) is 5.09 Å². The van der Waals surface area contributed by atoms with Gasteiger partial charge in [0.05, 0.1) is 6.10 Å². The molecule has 1 aromatic carbocycles. The zero-order chi connectivity index (χ0) is 14.3. The molecule has 1 aromatic rings. The van der Waals surface area contributed by atoms with Crippen LogP contribution in [0.5, 0.6) is 5.75 Å². The molecule has 0 spiro atoms. The molecule has 1 rings (SSSR count). The molecule has 0 bridgehead atoms. The van der Waals surface area contributed by atoms with Crippen LogP contribution in [0.4, 0.5) is 4.39 Å². The lowest BCUT2D eigenvalue weighted by Crippen LogP contribution is -2.17. The van der Waals surface area contributed by atoms with Gasteiger partial charge in [-0.15, -0.1) is 0 Å². The van der Waals surface area contributed by atoms with Gasteiger partial charge in [0, 0.05) is 6.54 Å². The highest BCUT2D eigenvalue weighted by molar-refractivity contribution is 7.34. The Bertz CT molecular complexity index is 388. The van der Waals surface area contributed by atoms with Gasteiger partial charge in [0.2, 0.25) is 0 Å². The first-order chi connectivity index (χ1) is 9.04. The van der Waals surface area contributed by atoms with Crippen molar-refractivity contribution in [1.29, 1.82) is 0 Å². The number of halogens is 1. The monoisotopic (exact) mass is 287 g/mol. The summed E-state index contributed by atoms with van der Waals surface area (Å²) < 4.78 is 19.2. The van der Waals surface area contributed by atoms with Crippen molar-refractivity contribution in [3.8, 4) is 5.75 Å². The van der Waals surface area contributed by atoms with E-state index in [1.807, 2.05) is 6.07 Å². The fraction of sp³-hybridized carbons (Fsp3) is 0.571. The number of ether oxygens (including phenoxy) is 1. The molecule has 5 heteroatoms. The quantitative estimate of drug-likeness (QED) is 0.722. The summed E-state index contributed by atoms with van der Waals surface area (Å²) in [5.74, 6) is 0.313. The lowest BCUT2D eigenvalue weighted by Gasteiger charge is -2.17. The van der Waals surface area contributed by atoms with Crippen molar-refractivity contribution in [3.63, 3.8) is 0 Å². The highest BCUT2D eigenvalue weighted by atomic mass is 31.1. The minimum Gasteiger partial charge on any atom is -0.488 e. The van der Waals surface area contributed by atoms with Crippen LogP contribution in [0.3, 0.4) is 0 Å². The molecule has 0 aromatic heterocycles. The van der Waals surface area contributed by atoms with Gasteiger partial charge in [-0.3, -0.25) is 5.09 Å². The fourth-order valence-corrected chi connectivity index (χ4v) is 2.36. The maximum absolute atomic E-state index is 13.8. The Kier molecular flexibility index (Phi) is 7.29. The van der Waals surface area contributed by atoms with Crippen LogP contribution in [0, 0.1) is 11.7 Å². The summed E-state index contributed by atoms with van der Waals surface area (Å²) >= 11 is 0. The van der Waals surface area contributed by atoms with Crippen LogP contribution >= 0.6 is 8.73 Å². The molecule has 0 aliphatic heterocycles. The highest BCUT2D eigenvalue weighted by Crippen LogP contribution is 2.25. The molecule has 19 heavy (non-hydrogen) atoms. The molecule has 0 saturated heterocycles. The summed E-state index contributed by atoms with van der Waals surface area (Å²) in [6.45, 7) is 6.84. The first-order valence-electron chi connectivity index (χ1n) is 6.52. The number of aliphatic hydroxyl groups is 1. The van der Waals surface area contributed by atoms with Crippen molar-refractivity contribution in [2.24, 2.45) is 5.92 Å². The lowest BCUT2D eigenvalue weighted by molar-refractivity contribution is 0.119. The van der Waals surface area contributed by atoms with E-state index in [9.17, 15) is 9.50 Å². The van der Waals surface area contributed by atoms with Gasteiger partial charge in [-0.1, -0.05) is 27.8 Å². The highest BCUT2D eigenvalue weighted by Gasteiger charge is 2.13. The molecule has 0 aliphatic rings. The molecule has 2 N–H and O–H groups in total. The number of hydrogen-bond donors (Lipinski definition) is 2. The van der Waals surface area contributed by atoms with E-state index in [4.69, 9.17) is 4.74 Å². The van der Waals surface area contributed by atoms with Crippen LogP contribution in [0.1, 0.15) is 19.4 Å². The molecule has 0 amide bonds. The Balaban J connectivity index is 2.73.